The number of fused-ring (bicyclic) bond motifs is 2. The van der Waals surface area contributed by atoms with Crippen molar-refractivity contribution in [3.05, 3.63) is 64.2 Å². The van der Waals surface area contributed by atoms with E-state index in [-0.39, 0.29) is 6.42 Å². The summed E-state index contributed by atoms with van der Waals surface area (Å²) in [5.74, 6) is 0.754. The molecular weight excluding hydrogens is 448 g/mol. The average molecular weight is 479 g/mol. The van der Waals surface area contributed by atoms with Crippen molar-refractivity contribution < 1.29 is 35.4 Å². The van der Waals surface area contributed by atoms with Crippen molar-refractivity contribution in [3.63, 3.8) is 0 Å². The van der Waals surface area contributed by atoms with Crippen molar-refractivity contribution >= 4 is 11.6 Å². The van der Waals surface area contributed by atoms with Gasteiger partial charge in [-0.2, -0.15) is 0 Å². The summed E-state index contributed by atoms with van der Waals surface area (Å²) in [6.07, 6.45) is -8.73. The fourth-order valence-corrected chi connectivity index (χ4v) is 6.08. The molecule has 2 aliphatic carbocycles. The van der Waals surface area contributed by atoms with E-state index in [4.69, 9.17) is 16.3 Å². The summed E-state index contributed by atoms with van der Waals surface area (Å²) in [5.41, 5.74) is -1.25. The van der Waals surface area contributed by atoms with Crippen LogP contribution in [0.4, 0.5) is 0 Å². The lowest BCUT2D eigenvalue weighted by molar-refractivity contribution is -0.232. The Morgan fingerprint density at radius 2 is 1.70 bits per heavy atom. The minimum atomic E-state index is -1.70. The van der Waals surface area contributed by atoms with E-state index in [1.807, 2.05) is 31.2 Å². The summed E-state index contributed by atoms with van der Waals surface area (Å²) in [6, 6.07) is 12.5. The third-order valence-corrected chi connectivity index (χ3v) is 8.07. The minimum absolute atomic E-state index is 0.183. The SMILES string of the molecule is CCOc1ccc(Cc2cc([C@]34C(O)C[C@@]([C@@H](C)O)(C3O)[C@H](O)[C@H](O)[C@@H]4O)ccc2Cl)cc1. The second-order valence-electron chi connectivity index (χ2n) is 9.28. The van der Waals surface area contributed by atoms with Gasteiger partial charge in [-0.05, 0) is 61.6 Å². The molecule has 8 heteroatoms. The molecule has 2 saturated carbocycles. The second kappa shape index (κ2) is 8.82. The number of ether oxygens (including phenoxy) is 1. The predicted molar refractivity (Wildman–Crippen MR) is 122 cm³/mol. The molecule has 0 radical (unpaired) electrons. The Morgan fingerprint density at radius 3 is 2.30 bits per heavy atom. The highest BCUT2D eigenvalue weighted by atomic mass is 35.5. The first-order valence-corrected chi connectivity index (χ1v) is 11.6. The van der Waals surface area contributed by atoms with Gasteiger partial charge >= 0.3 is 0 Å². The van der Waals surface area contributed by atoms with Crippen molar-refractivity contribution in [2.24, 2.45) is 5.41 Å². The van der Waals surface area contributed by atoms with Gasteiger partial charge in [0.2, 0.25) is 0 Å². The van der Waals surface area contributed by atoms with Crippen LogP contribution in [0.1, 0.15) is 37.0 Å². The average Bonchev–Trinajstić information content (AvgIpc) is 3.00. The molecule has 2 unspecified atom stereocenters. The van der Waals surface area contributed by atoms with E-state index in [2.05, 4.69) is 0 Å². The van der Waals surface area contributed by atoms with E-state index >= 15 is 0 Å². The molecule has 0 aliphatic heterocycles. The van der Waals surface area contributed by atoms with Crippen LogP contribution in [-0.2, 0) is 11.8 Å². The Kier molecular flexibility index (Phi) is 6.52. The van der Waals surface area contributed by atoms with Gasteiger partial charge in [0.25, 0.3) is 0 Å². The van der Waals surface area contributed by atoms with Crippen LogP contribution in [0.2, 0.25) is 5.02 Å². The molecule has 8 atom stereocenters. The molecular formula is C25H31ClO7. The molecule has 0 aromatic heterocycles. The van der Waals surface area contributed by atoms with Crippen LogP contribution >= 0.6 is 11.6 Å². The van der Waals surface area contributed by atoms with Crippen LogP contribution in [0.3, 0.4) is 0 Å². The molecule has 0 amide bonds. The zero-order valence-corrected chi connectivity index (χ0v) is 19.4. The molecule has 0 spiro atoms. The third-order valence-electron chi connectivity index (χ3n) is 7.70. The van der Waals surface area contributed by atoms with Gasteiger partial charge in [0.15, 0.2) is 0 Å². The molecule has 2 aliphatic rings. The van der Waals surface area contributed by atoms with Crippen LogP contribution in [0.25, 0.3) is 0 Å². The summed E-state index contributed by atoms with van der Waals surface area (Å²) in [6.45, 7) is 3.88. The fraction of sp³-hybridized carbons (Fsp3) is 0.520. The largest absolute Gasteiger partial charge is 0.494 e. The molecule has 6 N–H and O–H groups in total. The summed E-state index contributed by atoms with van der Waals surface area (Å²) in [4.78, 5) is 0. The number of aliphatic hydroxyl groups is 6. The van der Waals surface area contributed by atoms with Gasteiger partial charge in [-0.25, -0.2) is 0 Å². The van der Waals surface area contributed by atoms with Crippen LogP contribution in [0, 0.1) is 5.41 Å². The van der Waals surface area contributed by atoms with Gasteiger partial charge in [-0.1, -0.05) is 35.9 Å². The summed E-state index contributed by atoms with van der Waals surface area (Å²) in [5, 5.41) is 65.9. The first-order valence-electron chi connectivity index (χ1n) is 11.2. The van der Waals surface area contributed by atoms with Crippen molar-refractivity contribution in [1.29, 1.82) is 0 Å². The van der Waals surface area contributed by atoms with Gasteiger partial charge in [0.1, 0.15) is 11.9 Å². The maximum Gasteiger partial charge on any atom is 0.119 e. The summed E-state index contributed by atoms with van der Waals surface area (Å²) in [7, 11) is 0. The maximum absolute atomic E-state index is 11.4. The molecule has 33 heavy (non-hydrogen) atoms. The van der Waals surface area contributed by atoms with Crippen LogP contribution < -0.4 is 4.74 Å². The zero-order chi connectivity index (χ0) is 24.1. The summed E-state index contributed by atoms with van der Waals surface area (Å²) < 4.78 is 5.47. The predicted octanol–water partition coefficient (Wildman–Crippen LogP) is 1.16. The highest BCUT2D eigenvalue weighted by Crippen LogP contribution is 2.61. The number of hydrogen-bond donors (Lipinski definition) is 6. The quantitative estimate of drug-likeness (QED) is 0.367. The van der Waals surface area contributed by atoms with Gasteiger partial charge < -0.3 is 35.4 Å². The highest BCUT2D eigenvalue weighted by molar-refractivity contribution is 6.31. The van der Waals surface area contributed by atoms with Crippen LogP contribution in [-0.4, -0.2) is 73.9 Å². The van der Waals surface area contributed by atoms with E-state index in [0.29, 0.717) is 29.2 Å². The van der Waals surface area contributed by atoms with Crippen molar-refractivity contribution in [1.82, 2.24) is 0 Å². The Morgan fingerprint density at radius 1 is 1.03 bits per heavy atom. The van der Waals surface area contributed by atoms with E-state index in [1.54, 1.807) is 18.2 Å². The van der Waals surface area contributed by atoms with Gasteiger partial charge in [0, 0.05) is 5.02 Å². The molecule has 0 saturated heterocycles. The lowest BCUT2D eigenvalue weighted by Gasteiger charge is -2.53. The van der Waals surface area contributed by atoms with Crippen LogP contribution in [0.5, 0.6) is 5.75 Å². The topological polar surface area (TPSA) is 131 Å². The molecule has 2 aromatic rings. The molecule has 4 rings (SSSR count). The van der Waals surface area contributed by atoms with E-state index in [9.17, 15) is 30.6 Å². The van der Waals surface area contributed by atoms with E-state index < -0.39 is 47.5 Å². The standard InChI is InChI=1S/C25H31ClO7/c1-3-33-17-7-4-14(5-8-17)10-15-11-16(6-9-18(15)26)25-19(28)12-24(13(2)27,23(25)32)21(30)20(29)22(25)31/h4-9,11,13,19-23,27-32H,3,10,12H2,1-2H3/t13-,19?,20+,21-,22+,23?,24+,25-/m1/s1. The molecule has 7 nitrogen and oxygen atoms in total. The van der Waals surface area contributed by atoms with Crippen molar-refractivity contribution in [2.45, 2.75) is 68.7 Å². The van der Waals surface area contributed by atoms with E-state index in [0.717, 1.165) is 11.3 Å². The van der Waals surface area contributed by atoms with Gasteiger partial charge in [-0.15, -0.1) is 0 Å². The Balaban J connectivity index is 1.76. The van der Waals surface area contributed by atoms with E-state index in [1.165, 1.54) is 6.92 Å². The summed E-state index contributed by atoms with van der Waals surface area (Å²) >= 11 is 6.46. The monoisotopic (exact) mass is 478 g/mol. The lowest BCUT2D eigenvalue weighted by atomic mass is 9.58. The molecule has 2 aromatic carbocycles. The van der Waals surface area contributed by atoms with Gasteiger partial charge in [0.05, 0.1) is 48.0 Å². The van der Waals surface area contributed by atoms with Gasteiger partial charge in [-0.3, -0.25) is 0 Å². The minimum Gasteiger partial charge on any atom is -0.494 e. The molecule has 0 heterocycles. The van der Waals surface area contributed by atoms with Crippen molar-refractivity contribution in [2.75, 3.05) is 6.61 Å². The molecule has 180 valence electrons. The molecule has 2 fully saturated rings. The Hall–Kier alpha value is -1.71. The number of rotatable bonds is 6. The second-order valence-corrected chi connectivity index (χ2v) is 9.69. The van der Waals surface area contributed by atoms with Crippen molar-refractivity contribution in [3.8, 4) is 5.75 Å². The highest BCUT2D eigenvalue weighted by Gasteiger charge is 2.75. The number of benzene rings is 2. The Labute approximate surface area is 197 Å². The number of aliphatic hydroxyl groups excluding tert-OH is 6. The lowest BCUT2D eigenvalue weighted by Crippen LogP contribution is -2.70. The number of halogens is 1. The smallest absolute Gasteiger partial charge is 0.119 e. The zero-order valence-electron chi connectivity index (χ0n) is 18.6. The third kappa shape index (κ3) is 3.49. The Bertz CT molecular complexity index is 997. The first-order chi connectivity index (χ1) is 15.6. The molecule has 2 bridgehead atoms. The number of hydrogen-bond acceptors (Lipinski definition) is 7. The van der Waals surface area contributed by atoms with Crippen LogP contribution in [0.15, 0.2) is 42.5 Å². The normalized spacial score (nSPS) is 36.6. The first kappa shape index (κ1) is 24.4. The maximum atomic E-state index is 11.4. The fourth-order valence-electron chi connectivity index (χ4n) is 5.89.